The first kappa shape index (κ1) is 10.4. The first-order valence-electron chi connectivity index (χ1n) is 5.03. The number of nitrogens with one attached hydrogen (secondary N) is 1. The summed E-state index contributed by atoms with van der Waals surface area (Å²) in [6.07, 6.45) is 3.97. The largest absolute Gasteiger partial charge is 0.271 e. The van der Waals surface area contributed by atoms with Gasteiger partial charge in [0.05, 0.1) is 0 Å². The molecule has 0 amide bonds. The van der Waals surface area contributed by atoms with E-state index in [2.05, 4.69) is 52.3 Å². The Labute approximate surface area is 98.4 Å². The van der Waals surface area contributed by atoms with Crippen LogP contribution in [0.3, 0.4) is 0 Å². The summed E-state index contributed by atoms with van der Waals surface area (Å²) < 4.78 is 1.28. The topological polar surface area (TPSA) is 38.0 Å². The Bertz CT molecular complexity index is 310. The molecule has 0 spiro atoms. The van der Waals surface area contributed by atoms with E-state index in [4.69, 9.17) is 5.84 Å². The van der Waals surface area contributed by atoms with Crippen molar-refractivity contribution in [3.8, 4) is 0 Å². The number of rotatable bonds is 3. The van der Waals surface area contributed by atoms with Gasteiger partial charge in [0.15, 0.2) is 0 Å². The second-order valence-electron chi connectivity index (χ2n) is 3.89. The molecule has 0 aromatic heterocycles. The maximum absolute atomic E-state index is 5.61. The van der Waals surface area contributed by atoms with Crippen molar-refractivity contribution >= 4 is 22.6 Å². The van der Waals surface area contributed by atoms with Crippen molar-refractivity contribution in [3.05, 3.63) is 33.4 Å². The van der Waals surface area contributed by atoms with Crippen molar-refractivity contribution in [1.82, 2.24) is 5.43 Å². The second kappa shape index (κ2) is 4.59. The highest BCUT2D eigenvalue weighted by atomic mass is 127. The van der Waals surface area contributed by atoms with Crippen LogP contribution in [0.15, 0.2) is 24.3 Å². The van der Waals surface area contributed by atoms with Gasteiger partial charge in [-0.2, -0.15) is 0 Å². The monoisotopic (exact) mass is 302 g/mol. The molecule has 76 valence electrons. The van der Waals surface area contributed by atoms with Crippen LogP contribution in [-0.4, -0.2) is 0 Å². The van der Waals surface area contributed by atoms with Crippen LogP contribution in [-0.2, 0) is 0 Å². The van der Waals surface area contributed by atoms with Crippen molar-refractivity contribution in [2.45, 2.75) is 25.3 Å². The summed E-state index contributed by atoms with van der Waals surface area (Å²) in [4.78, 5) is 0. The molecule has 0 saturated heterocycles. The van der Waals surface area contributed by atoms with Gasteiger partial charge in [0.25, 0.3) is 0 Å². The highest BCUT2D eigenvalue weighted by molar-refractivity contribution is 14.1. The quantitative estimate of drug-likeness (QED) is 0.512. The minimum Gasteiger partial charge on any atom is -0.271 e. The Morgan fingerprint density at radius 1 is 1.43 bits per heavy atom. The summed E-state index contributed by atoms with van der Waals surface area (Å²) in [7, 11) is 0. The predicted molar refractivity (Wildman–Crippen MR) is 66.6 cm³/mol. The summed E-state index contributed by atoms with van der Waals surface area (Å²) in [5.41, 5.74) is 4.27. The second-order valence-corrected chi connectivity index (χ2v) is 5.14. The van der Waals surface area contributed by atoms with Crippen LogP contribution in [0.4, 0.5) is 0 Å². The SMILES string of the molecule is NNC(c1cccc(I)c1)C1CCC1. The Hall–Kier alpha value is -0.130. The first-order chi connectivity index (χ1) is 6.81. The summed E-state index contributed by atoms with van der Waals surface area (Å²) in [5.74, 6) is 6.35. The van der Waals surface area contributed by atoms with E-state index in [9.17, 15) is 0 Å². The van der Waals surface area contributed by atoms with Crippen LogP contribution in [0.2, 0.25) is 0 Å². The van der Waals surface area contributed by atoms with Gasteiger partial charge in [-0.3, -0.25) is 11.3 Å². The highest BCUT2D eigenvalue weighted by Gasteiger charge is 2.27. The predicted octanol–water partition coefficient (Wildman–Crippen LogP) is 2.60. The van der Waals surface area contributed by atoms with Gasteiger partial charge in [-0.1, -0.05) is 18.6 Å². The Kier molecular flexibility index (Phi) is 3.41. The van der Waals surface area contributed by atoms with Gasteiger partial charge in [0.2, 0.25) is 0 Å². The Balaban J connectivity index is 2.17. The van der Waals surface area contributed by atoms with Crippen LogP contribution >= 0.6 is 22.6 Å². The van der Waals surface area contributed by atoms with Crippen molar-refractivity contribution in [3.63, 3.8) is 0 Å². The van der Waals surface area contributed by atoms with E-state index in [1.165, 1.54) is 28.4 Å². The van der Waals surface area contributed by atoms with Gasteiger partial charge < -0.3 is 0 Å². The Morgan fingerprint density at radius 2 is 2.21 bits per heavy atom. The average molecular weight is 302 g/mol. The van der Waals surface area contributed by atoms with E-state index < -0.39 is 0 Å². The standard InChI is InChI=1S/C11H15IN2/c12-10-6-2-5-9(7-10)11(14-13)8-3-1-4-8/h2,5-8,11,14H,1,3-4,13H2. The van der Waals surface area contributed by atoms with E-state index >= 15 is 0 Å². The van der Waals surface area contributed by atoms with Gasteiger partial charge >= 0.3 is 0 Å². The molecule has 1 saturated carbocycles. The minimum absolute atomic E-state index is 0.346. The van der Waals surface area contributed by atoms with E-state index in [0.717, 1.165) is 5.92 Å². The molecule has 1 aliphatic carbocycles. The fourth-order valence-corrected chi connectivity index (χ4v) is 2.54. The third-order valence-electron chi connectivity index (χ3n) is 3.01. The average Bonchev–Trinajstić information content (AvgIpc) is 2.10. The highest BCUT2D eigenvalue weighted by Crippen LogP contribution is 2.37. The van der Waals surface area contributed by atoms with Crippen LogP contribution in [0.25, 0.3) is 0 Å². The maximum atomic E-state index is 5.61. The Morgan fingerprint density at radius 3 is 2.71 bits per heavy atom. The molecule has 1 aromatic rings. The number of hydrazine groups is 1. The smallest absolute Gasteiger partial charge is 0.0488 e. The molecule has 2 nitrogen and oxygen atoms in total. The number of halogens is 1. The van der Waals surface area contributed by atoms with E-state index in [1.54, 1.807) is 0 Å². The summed E-state index contributed by atoms with van der Waals surface area (Å²) >= 11 is 2.34. The molecule has 14 heavy (non-hydrogen) atoms. The first-order valence-corrected chi connectivity index (χ1v) is 6.10. The molecular weight excluding hydrogens is 287 g/mol. The molecule has 1 aliphatic rings. The van der Waals surface area contributed by atoms with E-state index in [1.807, 2.05) is 0 Å². The van der Waals surface area contributed by atoms with Crippen LogP contribution in [0.5, 0.6) is 0 Å². The molecule has 1 atom stereocenters. The molecule has 1 fully saturated rings. The molecule has 0 bridgehead atoms. The number of benzene rings is 1. The van der Waals surface area contributed by atoms with Crippen LogP contribution < -0.4 is 11.3 Å². The molecular formula is C11H15IN2. The van der Waals surface area contributed by atoms with Gasteiger partial charge in [0.1, 0.15) is 0 Å². The zero-order valence-corrected chi connectivity index (χ0v) is 10.2. The molecule has 3 heteroatoms. The minimum atomic E-state index is 0.346. The fourth-order valence-electron chi connectivity index (χ4n) is 1.98. The van der Waals surface area contributed by atoms with Crippen LogP contribution in [0, 0.1) is 9.49 Å². The summed E-state index contributed by atoms with van der Waals surface area (Å²) in [5, 5.41) is 0. The number of hydrogen-bond donors (Lipinski definition) is 2. The molecule has 1 aromatic carbocycles. The van der Waals surface area contributed by atoms with Gasteiger partial charge in [-0.15, -0.1) is 0 Å². The molecule has 2 rings (SSSR count). The lowest BCUT2D eigenvalue weighted by Crippen LogP contribution is -2.36. The summed E-state index contributed by atoms with van der Waals surface area (Å²) in [6.45, 7) is 0. The normalized spacial score (nSPS) is 19.0. The van der Waals surface area contributed by atoms with Crippen molar-refractivity contribution in [1.29, 1.82) is 0 Å². The molecule has 1 unspecified atom stereocenters. The molecule has 0 radical (unpaired) electrons. The van der Waals surface area contributed by atoms with Gasteiger partial charge in [0, 0.05) is 9.61 Å². The zero-order chi connectivity index (χ0) is 9.97. The molecule has 0 aliphatic heterocycles. The number of hydrogen-bond acceptors (Lipinski definition) is 2. The van der Waals surface area contributed by atoms with E-state index in [-0.39, 0.29) is 0 Å². The fraction of sp³-hybridized carbons (Fsp3) is 0.455. The lowest BCUT2D eigenvalue weighted by Gasteiger charge is -2.33. The van der Waals surface area contributed by atoms with Gasteiger partial charge in [-0.05, 0) is 59.0 Å². The lowest BCUT2D eigenvalue weighted by atomic mass is 9.77. The van der Waals surface area contributed by atoms with Crippen LogP contribution in [0.1, 0.15) is 30.9 Å². The summed E-state index contributed by atoms with van der Waals surface area (Å²) in [6, 6.07) is 8.92. The number of nitrogens with two attached hydrogens (primary N) is 1. The van der Waals surface area contributed by atoms with Crippen molar-refractivity contribution in [2.24, 2.45) is 11.8 Å². The third kappa shape index (κ3) is 2.10. The van der Waals surface area contributed by atoms with E-state index in [0.29, 0.717) is 6.04 Å². The molecule has 0 heterocycles. The third-order valence-corrected chi connectivity index (χ3v) is 3.68. The van der Waals surface area contributed by atoms with Crippen molar-refractivity contribution in [2.75, 3.05) is 0 Å². The lowest BCUT2D eigenvalue weighted by molar-refractivity contribution is 0.232. The zero-order valence-electron chi connectivity index (χ0n) is 8.04. The van der Waals surface area contributed by atoms with Crippen molar-refractivity contribution < 1.29 is 0 Å². The molecule has 3 N–H and O–H groups in total. The maximum Gasteiger partial charge on any atom is 0.0488 e. The van der Waals surface area contributed by atoms with Gasteiger partial charge in [-0.25, -0.2) is 0 Å².